The van der Waals surface area contributed by atoms with Gasteiger partial charge in [-0.2, -0.15) is 0 Å². The van der Waals surface area contributed by atoms with E-state index in [9.17, 15) is 0 Å². The normalized spacial score (nSPS) is 12.2. The predicted molar refractivity (Wildman–Crippen MR) is 213 cm³/mol. The highest BCUT2D eigenvalue weighted by atomic mass is 16.3. The van der Waals surface area contributed by atoms with Crippen LogP contribution in [0, 0.1) is 0 Å². The van der Waals surface area contributed by atoms with Gasteiger partial charge >= 0.3 is 0 Å². The minimum Gasteiger partial charge on any atom is -0.456 e. The lowest BCUT2D eigenvalue weighted by Gasteiger charge is -2.14. The molecule has 0 spiro atoms. The molecule has 4 nitrogen and oxygen atoms in total. The number of furan rings is 3. The van der Waals surface area contributed by atoms with Crippen molar-refractivity contribution in [1.29, 1.82) is 0 Å². The van der Waals surface area contributed by atoms with Gasteiger partial charge in [0.15, 0.2) is 0 Å². The third-order valence-corrected chi connectivity index (χ3v) is 10.8. The highest BCUT2D eigenvalue weighted by Gasteiger charge is 2.24. The van der Waals surface area contributed by atoms with Crippen molar-refractivity contribution >= 4 is 87.6 Å². The van der Waals surface area contributed by atoms with Crippen molar-refractivity contribution in [2.75, 3.05) is 0 Å². The molecule has 12 rings (SSSR count). The molecule has 0 aliphatic rings. The van der Waals surface area contributed by atoms with Crippen LogP contribution in [0.2, 0.25) is 0 Å². The number of aromatic nitrogens is 1. The molecule has 0 unspecified atom stereocenters. The summed E-state index contributed by atoms with van der Waals surface area (Å²) in [5.74, 6) is 0. The summed E-state index contributed by atoms with van der Waals surface area (Å²) in [6, 6.07) is 57.6. The van der Waals surface area contributed by atoms with E-state index in [-0.39, 0.29) is 0 Å². The van der Waals surface area contributed by atoms with Crippen LogP contribution in [0.4, 0.5) is 0 Å². The van der Waals surface area contributed by atoms with Gasteiger partial charge in [-0.1, -0.05) is 127 Å². The van der Waals surface area contributed by atoms with Crippen LogP contribution in [-0.4, -0.2) is 4.57 Å². The second kappa shape index (κ2) is 10.3. The number of nitrogens with zero attached hydrogens (tertiary/aromatic N) is 1. The van der Waals surface area contributed by atoms with Crippen molar-refractivity contribution in [2.24, 2.45) is 0 Å². The van der Waals surface area contributed by atoms with Crippen molar-refractivity contribution < 1.29 is 13.3 Å². The summed E-state index contributed by atoms with van der Waals surface area (Å²) in [5, 5.41) is 8.96. The summed E-state index contributed by atoms with van der Waals surface area (Å²) in [4.78, 5) is 0. The molecule has 0 atom stereocenters. The van der Waals surface area contributed by atoms with Crippen molar-refractivity contribution in [3.63, 3.8) is 0 Å². The third kappa shape index (κ3) is 3.70. The lowest BCUT2D eigenvalue weighted by atomic mass is 9.98. The van der Waals surface area contributed by atoms with Gasteiger partial charge < -0.3 is 17.8 Å². The maximum atomic E-state index is 6.63. The minimum absolute atomic E-state index is 0.849. The molecule has 4 aromatic heterocycles. The number of fused-ring (bicyclic) bond motifs is 12. The Bertz CT molecular complexity index is 3250. The van der Waals surface area contributed by atoms with Gasteiger partial charge in [0, 0.05) is 77.1 Å². The zero-order valence-electron chi connectivity index (χ0n) is 27.8. The van der Waals surface area contributed by atoms with Gasteiger partial charge in [-0.3, -0.25) is 0 Å². The van der Waals surface area contributed by atoms with Crippen LogP contribution < -0.4 is 0 Å². The molecule has 0 amide bonds. The van der Waals surface area contributed by atoms with Crippen LogP contribution in [0.15, 0.2) is 177 Å². The van der Waals surface area contributed by atoms with Crippen molar-refractivity contribution in [3.05, 3.63) is 164 Å². The first-order chi connectivity index (χ1) is 25.8. The third-order valence-electron chi connectivity index (χ3n) is 10.8. The fourth-order valence-corrected chi connectivity index (χ4v) is 8.58. The van der Waals surface area contributed by atoms with E-state index in [0.717, 1.165) is 116 Å². The SMILES string of the molecule is c1ccc2c(c1)oc1cc(-n3c4c(-c5cccc6c5oc5ccccc56)cccc4c4cccc(-c5cccc6c5oc5ccccc56)c43)ccc12. The van der Waals surface area contributed by atoms with Crippen LogP contribution >= 0.6 is 0 Å². The van der Waals surface area contributed by atoms with Gasteiger partial charge in [-0.25, -0.2) is 0 Å². The Labute approximate surface area is 296 Å². The molecule has 8 aromatic carbocycles. The van der Waals surface area contributed by atoms with E-state index in [1.807, 2.05) is 36.4 Å². The predicted octanol–water partition coefficient (Wildman–Crippen LogP) is 13.8. The average Bonchev–Trinajstić information content (AvgIpc) is 3.96. The Morgan fingerprint density at radius 1 is 0.288 bits per heavy atom. The topological polar surface area (TPSA) is 44.4 Å². The average molecular weight is 666 g/mol. The maximum Gasteiger partial charge on any atom is 0.143 e. The van der Waals surface area contributed by atoms with E-state index < -0.39 is 0 Å². The van der Waals surface area contributed by atoms with E-state index >= 15 is 0 Å². The van der Waals surface area contributed by atoms with Gasteiger partial charge in [0.25, 0.3) is 0 Å². The number of rotatable bonds is 3. The molecule has 0 bridgehead atoms. The molecule has 12 aromatic rings. The number of hydrogen-bond donors (Lipinski definition) is 0. The summed E-state index contributed by atoms with van der Waals surface area (Å²) in [5.41, 5.74) is 12.8. The molecular formula is C48H27NO3. The molecule has 0 aliphatic heterocycles. The van der Waals surface area contributed by atoms with E-state index in [0.29, 0.717) is 0 Å². The van der Waals surface area contributed by atoms with Crippen LogP contribution in [0.25, 0.3) is 116 Å². The van der Waals surface area contributed by atoms with Crippen LogP contribution in [0.1, 0.15) is 0 Å². The highest BCUT2D eigenvalue weighted by Crippen LogP contribution is 2.46. The Kier molecular flexibility index (Phi) is 5.47. The summed E-state index contributed by atoms with van der Waals surface area (Å²) >= 11 is 0. The summed E-state index contributed by atoms with van der Waals surface area (Å²) in [6.07, 6.45) is 0. The lowest BCUT2D eigenvalue weighted by molar-refractivity contribution is 0.668. The van der Waals surface area contributed by atoms with E-state index in [2.05, 4.69) is 132 Å². The van der Waals surface area contributed by atoms with Crippen molar-refractivity contribution in [1.82, 2.24) is 4.57 Å². The molecular weight excluding hydrogens is 639 g/mol. The first kappa shape index (κ1) is 27.7. The molecule has 4 heteroatoms. The molecule has 0 fully saturated rings. The molecule has 52 heavy (non-hydrogen) atoms. The van der Waals surface area contributed by atoms with Crippen molar-refractivity contribution in [3.8, 4) is 27.9 Å². The molecule has 0 saturated heterocycles. The lowest BCUT2D eigenvalue weighted by Crippen LogP contribution is -1.97. The number of para-hydroxylation sites is 7. The molecule has 0 saturated carbocycles. The van der Waals surface area contributed by atoms with Crippen molar-refractivity contribution in [2.45, 2.75) is 0 Å². The molecule has 0 N–H and O–H groups in total. The Hall–Kier alpha value is -7.04. The maximum absolute atomic E-state index is 6.63. The van der Waals surface area contributed by atoms with E-state index in [4.69, 9.17) is 13.3 Å². The second-order valence-corrected chi connectivity index (χ2v) is 13.6. The molecule has 242 valence electrons. The number of benzene rings is 8. The summed E-state index contributed by atoms with van der Waals surface area (Å²) in [7, 11) is 0. The van der Waals surface area contributed by atoms with Gasteiger partial charge in [-0.05, 0) is 30.3 Å². The second-order valence-electron chi connectivity index (χ2n) is 13.6. The van der Waals surface area contributed by atoms with Gasteiger partial charge in [0.1, 0.15) is 33.5 Å². The Balaban J connectivity index is 1.24. The van der Waals surface area contributed by atoms with Gasteiger partial charge in [0.2, 0.25) is 0 Å². The Morgan fingerprint density at radius 3 is 1.23 bits per heavy atom. The molecule has 0 aliphatic carbocycles. The minimum atomic E-state index is 0.849. The van der Waals surface area contributed by atoms with E-state index in [1.165, 1.54) is 0 Å². The highest BCUT2D eigenvalue weighted by molar-refractivity contribution is 6.21. The fourth-order valence-electron chi connectivity index (χ4n) is 8.58. The first-order valence-electron chi connectivity index (χ1n) is 17.6. The quantitative estimate of drug-likeness (QED) is 0.189. The van der Waals surface area contributed by atoms with E-state index in [1.54, 1.807) is 0 Å². The largest absolute Gasteiger partial charge is 0.456 e. The molecule has 4 heterocycles. The summed E-state index contributed by atoms with van der Waals surface area (Å²) < 4.78 is 22.2. The van der Waals surface area contributed by atoms with Gasteiger partial charge in [0.05, 0.1) is 11.0 Å². The number of hydrogen-bond acceptors (Lipinski definition) is 3. The monoisotopic (exact) mass is 665 g/mol. The zero-order chi connectivity index (χ0) is 33.9. The Morgan fingerprint density at radius 2 is 0.692 bits per heavy atom. The van der Waals surface area contributed by atoms with Crippen LogP contribution in [-0.2, 0) is 0 Å². The summed E-state index contributed by atoms with van der Waals surface area (Å²) in [6.45, 7) is 0. The molecule has 0 radical (unpaired) electrons. The van der Waals surface area contributed by atoms with Gasteiger partial charge in [-0.15, -0.1) is 0 Å². The fraction of sp³-hybridized carbons (Fsp3) is 0. The first-order valence-corrected chi connectivity index (χ1v) is 17.6. The standard InChI is InChI=1S/C48H27NO3/c1-4-22-41-29(11-1)32-26-25-28(27-44(32)50-41)49-45-33(14-7-16-35(45)39-20-9-18-37-30-12-2-5-23-42(30)51-47(37)39)34-15-8-17-36(46(34)49)40-21-10-19-38-31-13-3-6-24-43(31)52-48(38)40/h1-27H. The van der Waals surface area contributed by atoms with Crippen LogP contribution in [0.3, 0.4) is 0 Å². The van der Waals surface area contributed by atoms with Crippen LogP contribution in [0.5, 0.6) is 0 Å². The zero-order valence-corrected chi connectivity index (χ0v) is 27.8. The smallest absolute Gasteiger partial charge is 0.143 e.